The van der Waals surface area contributed by atoms with Crippen LogP contribution in [0, 0.1) is 17.5 Å². The van der Waals surface area contributed by atoms with E-state index in [1.54, 1.807) is 7.05 Å². The first-order valence-electron chi connectivity index (χ1n) is 6.76. The third kappa shape index (κ3) is 3.47. The minimum absolute atomic E-state index is 0.0505. The van der Waals surface area contributed by atoms with E-state index in [1.807, 2.05) is 7.05 Å². The zero-order valence-corrected chi connectivity index (χ0v) is 12.0. The van der Waals surface area contributed by atoms with Gasteiger partial charge in [0.25, 0.3) is 0 Å². The number of nitrogens with one attached hydrogen (secondary N) is 1. The van der Waals surface area contributed by atoms with E-state index in [4.69, 9.17) is 0 Å². The molecule has 0 unspecified atom stereocenters. The molecular formula is C14H18F3N3O. The number of urea groups is 1. The molecule has 0 aromatic heterocycles. The molecule has 2 rings (SSSR count). The van der Waals surface area contributed by atoms with Crippen LogP contribution in [0.3, 0.4) is 0 Å². The van der Waals surface area contributed by atoms with Gasteiger partial charge in [-0.1, -0.05) is 0 Å². The van der Waals surface area contributed by atoms with Crippen molar-refractivity contribution < 1.29 is 18.0 Å². The molecule has 1 aromatic rings. The third-order valence-electron chi connectivity index (χ3n) is 3.83. The molecule has 1 fully saturated rings. The van der Waals surface area contributed by atoms with Crippen LogP contribution in [-0.4, -0.2) is 49.1 Å². The Hall–Kier alpha value is -1.76. The van der Waals surface area contributed by atoms with E-state index >= 15 is 0 Å². The van der Waals surface area contributed by atoms with Crippen LogP contribution in [0.2, 0.25) is 0 Å². The SMILES string of the molecule is CN1CCC(N(C)C(=O)Nc2ccc(F)c(F)c2F)CC1. The molecule has 0 saturated carbocycles. The topological polar surface area (TPSA) is 35.6 Å². The number of anilines is 1. The average molecular weight is 301 g/mol. The molecule has 1 saturated heterocycles. The molecule has 1 aliphatic heterocycles. The molecule has 1 aromatic carbocycles. The summed E-state index contributed by atoms with van der Waals surface area (Å²) in [4.78, 5) is 15.7. The van der Waals surface area contributed by atoms with Crippen LogP contribution >= 0.6 is 0 Å². The molecule has 1 N–H and O–H groups in total. The predicted octanol–water partition coefficient (Wildman–Crippen LogP) is 2.66. The molecule has 1 heterocycles. The van der Waals surface area contributed by atoms with Crippen molar-refractivity contribution in [1.29, 1.82) is 0 Å². The molecule has 0 aliphatic carbocycles. The summed E-state index contributed by atoms with van der Waals surface area (Å²) < 4.78 is 39.5. The fourth-order valence-corrected chi connectivity index (χ4v) is 2.37. The molecule has 7 heteroatoms. The monoisotopic (exact) mass is 301 g/mol. The summed E-state index contributed by atoms with van der Waals surface area (Å²) in [5.41, 5.74) is -0.362. The maximum absolute atomic E-state index is 13.5. The highest BCUT2D eigenvalue weighted by atomic mass is 19.2. The van der Waals surface area contributed by atoms with Gasteiger partial charge in [0.2, 0.25) is 0 Å². The first kappa shape index (κ1) is 15.6. The zero-order chi connectivity index (χ0) is 15.6. The lowest BCUT2D eigenvalue weighted by atomic mass is 10.0. The number of likely N-dealkylation sites (tertiary alicyclic amines) is 1. The van der Waals surface area contributed by atoms with Crippen molar-refractivity contribution in [1.82, 2.24) is 9.80 Å². The van der Waals surface area contributed by atoms with Gasteiger partial charge in [-0.05, 0) is 45.1 Å². The summed E-state index contributed by atoms with van der Waals surface area (Å²) in [6.45, 7) is 1.75. The minimum atomic E-state index is -1.59. The van der Waals surface area contributed by atoms with Crippen LogP contribution in [0.1, 0.15) is 12.8 Å². The smallest absolute Gasteiger partial charge is 0.321 e. The minimum Gasteiger partial charge on any atom is -0.325 e. The Morgan fingerprint density at radius 2 is 1.86 bits per heavy atom. The molecule has 1 aliphatic rings. The Kier molecular flexibility index (Phi) is 4.72. The number of nitrogens with zero attached hydrogens (tertiary/aromatic N) is 2. The van der Waals surface area contributed by atoms with Gasteiger partial charge in [0.05, 0.1) is 5.69 Å². The van der Waals surface area contributed by atoms with Crippen LogP contribution in [-0.2, 0) is 0 Å². The molecule has 0 bridgehead atoms. The first-order chi connectivity index (χ1) is 9.90. The molecule has 0 spiro atoms. The summed E-state index contributed by atoms with van der Waals surface area (Å²) in [5.74, 6) is -4.26. The van der Waals surface area contributed by atoms with Crippen molar-refractivity contribution in [2.24, 2.45) is 0 Å². The molecule has 0 atom stereocenters. The van der Waals surface area contributed by atoms with E-state index in [9.17, 15) is 18.0 Å². The van der Waals surface area contributed by atoms with E-state index in [1.165, 1.54) is 4.90 Å². The highest BCUT2D eigenvalue weighted by Crippen LogP contribution is 2.21. The van der Waals surface area contributed by atoms with E-state index in [2.05, 4.69) is 10.2 Å². The largest absolute Gasteiger partial charge is 0.325 e. The number of halogens is 3. The quantitative estimate of drug-likeness (QED) is 0.853. The lowest BCUT2D eigenvalue weighted by Crippen LogP contribution is -2.46. The van der Waals surface area contributed by atoms with Gasteiger partial charge in [0, 0.05) is 13.1 Å². The zero-order valence-electron chi connectivity index (χ0n) is 12.0. The number of hydrogen-bond acceptors (Lipinski definition) is 2. The third-order valence-corrected chi connectivity index (χ3v) is 3.83. The second-order valence-electron chi connectivity index (χ2n) is 5.30. The van der Waals surface area contributed by atoms with Crippen LogP contribution in [0.25, 0.3) is 0 Å². The highest BCUT2D eigenvalue weighted by molar-refractivity contribution is 5.89. The van der Waals surface area contributed by atoms with E-state index in [0.29, 0.717) is 0 Å². The van der Waals surface area contributed by atoms with Crippen molar-refractivity contribution >= 4 is 11.7 Å². The number of carbonyl (C=O) groups is 1. The van der Waals surface area contributed by atoms with Gasteiger partial charge in [-0.15, -0.1) is 0 Å². The average Bonchev–Trinajstić information content (AvgIpc) is 2.48. The number of benzene rings is 1. The number of carbonyl (C=O) groups excluding carboxylic acids is 1. The van der Waals surface area contributed by atoms with E-state index in [-0.39, 0.29) is 11.7 Å². The predicted molar refractivity (Wildman–Crippen MR) is 73.6 cm³/mol. The van der Waals surface area contributed by atoms with E-state index < -0.39 is 23.5 Å². The number of hydrogen-bond donors (Lipinski definition) is 1. The van der Waals surface area contributed by atoms with Gasteiger partial charge in [0.1, 0.15) is 0 Å². The summed E-state index contributed by atoms with van der Waals surface area (Å²) in [7, 11) is 3.62. The van der Waals surface area contributed by atoms with Crippen molar-refractivity contribution in [2.75, 3.05) is 32.5 Å². The van der Waals surface area contributed by atoms with Gasteiger partial charge >= 0.3 is 6.03 Å². The van der Waals surface area contributed by atoms with Crippen LogP contribution in [0.15, 0.2) is 12.1 Å². The standard InChI is InChI=1S/C14H18F3N3O/c1-19-7-5-9(6-8-19)20(2)14(21)18-11-4-3-10(15)12(16)13(11)17/h3-4,9H,5-8H2,1-2H3,(H,18,21). The lowest BCUT2D eigenvalue weighted by molar-refractivity contribution is 0.156. The van der Waals surface area contributed by atoms with Crippen LogP contribution < -0.4 is 5.32 Å². The Bertz CT molecular complexity index is 530. The molecule has 116 valence electrons. The second kappa shape index (κ2) is 6.34. The maximum Gasteiger partial charge on any atom is 0.321 e. The fraction of sp³-hybridized carbons (Fsp3) is 0.500. The Morgan fingerprint density at radius 1 is 1.24 bits per heavy atom. The number of piperidine rings is 1. The highest BCUT2D eigenvalue weighted by Gasteiger charge is 2.25. The summed E-state index contributed by atoms with van der Waals surface area (Å²) in [5, 5.41) is 2.28. The van der Waals surface area contributed by atoms with Crippen LogP contribution in [0.5, 0.6) is 0 Å². The van der Waals surface area contributed by atoms with Gasteiger partial charge in [0.15, 0.2) is 17.5 Å². The number of amides is 2. The van der Waals surface area contributed by atoms with Gasteiger partial charge in [-0.25, -0.2) is 18.0 Å². The Morgan fingerprint density at radius 3 is 2.48 bits per heavy atom. The first-order valence-corrected chi connectivity index (χ1v) is 6.76. The normalized spacial score (nSPS) is 16.8. The summed E-state index contributed by atoms with van der Waals surface area (Å²) >= 11 is 0. The lowest BCUT2D eigenvalue weighted by Gasteiger charge is -2.35. The molecule has 0 radical (unpaired) electrons. The Labute approximate surface area is 121 Å². The fourth-order valence-electron chi connectivity index (χ4n) is 2.37. The molecule has 21 heavy (non-hydrogen) atoms. The summed E-state index contributed by atoms with van der Waals surface area (Å²) in [6.07, 6.45) is 1.64. The summed E-state index contributed by atoms with van der Waals surface area (Å²) in [6, 6.07) is 1.31. The van der Waals surface area contributed by atoms with Crippen molar-refractivity contribution in [3.8, 4) is 0 Å². The van der Waals surface area contributed by atoms with Gasteiger partial charge < -0.3 is 15.1 Å². The molecular weight excluding hydrogens is 283 g/mol. The molecule has 2 amide bonds. The molecule has 4 nitrogen and oxygen atoms in total. The van der Waals surface area contributed by atoms with Crippen LogP contribution in [0.4, 0.5) is 23.7 Å². The van der Waals surface area contributed by atoms with Crippen molar-refractivity contribution in [3.05, 3.63) is 29.6 Å². The van der Waals surface area contributed by atoms with Crippen molar-refractivity contribution in [3.63, 3.8) is 0 Å². The van der Waals surface area contributed by atoms with Crippen molar-refractivity contribution in [2.45, 2.75) is 18.9 Å². The van der Waals surface area contributed by atoms with E-state index in [0.717, 1.165) is 38.1 Å². The number of rotatable bonds is 2. The van der Waals surface area contributed by atoms with Gasteiger partial charge in [-0.3, -0.25) is 0 Å². The van der Waals surface area contributed by atoms with Gasteiger partial charge in [-0.2, -0.15) is 0 Å². The maximum atomic E-state index is 13.5. The second-order valence-corrected chi connectivity index (χ2v) is 5.30. The Balaban J connectivity index is 2.02.